The lowest BCUT2D eigenvalue weighted by Gasteiger charge is -2.30. The predicted molar refractivity (Wildman–Crippen MR) is 260 cm³/mol. The Morgan fingerprint density at radius 3 is 1.75 bits per heavy atom. The minimum Gasteiger partial charge on any atom is -0.274 e. The summed E-state index contributed by atoms with van der Waals surface area (Å²) in [5.74, 6) is 1.94. The quantitative estimate of drug-likeness (QED) is 0.166. The summed E-state index contributed by atoms with van der Waals surface area (Å²) >= 11 is 0. The summed E-state index contributed by atoms with van der Waals surface area (Å²) in [4.78, 5) is 30.3. The van der Waals surface area contributed by atoms with E-state index in [1.165, 1.54) is 38.9 Å². The van der Waals surface area contributed by atoms with Crippen molar-refractivity contribution in [2.45, 2.75) is 18.3 Å². The van der Waals surface area contributed by atoms with Crippen LogP contribution in [0.25, 0.3) is 99.7 Å². The maximum absolute atomic E-state index is 15.2. The maximum Gasteiger partial charge on any atom is 0.263 e. The van der Waals surface area contributed by atoms with E-state index in [2.05, 4.69) is 146 Å². The highest BCUT2D eigenvalue weighted by Crippen LogP contribution is 2.64. The molecule has 0 N–H and O–H groups in total. The average molecular weight is 817 g/mol. The van der Waals surface area contributed by atoms with Crippen molar-refractivity contribution in [3.05, 3.63) is 233 Å². The van der Waals surface area contributed by atoms with Gasteiger partial charge in [-0.15, -0.1) is 0 Å². The van der Waals surface area contributed by atoms with Crippen LogP contribution in [0.15, 0.2) is 199 Å². The largest absolute Gasteiger partial charge is 0.274 e. The van der Waals surface area contributed by atoms with Crippen LogP contribution in [-0.4, -0.2) is 19.4 Å². The number of fused-ring (bicyclic) bond motifs is 16. The molecule has 3 aromatic heterocycles. The first kappa shape index (κ1) is 35.3. The smallest absolute Gasteiger partial charge is 0.263 e. The van der Waals surface area contributed by atoms with Gasteiger partial charge in [0.25, 0.3) is 5.56 Å². The van der Waals surface area contributed by atoms with Crippen LogP contribution in [0, 0.1) is 0 Å². The van der Waals surface area contributed by atoms with Crippen LogP contribution in [0.2, 0.25) is 0 Å². The van der Waals surface area contributed by atoms with Crippen LogP contribution in [0.4, 0.5) is 0 Å². The molecular weight excluding hydrogens is 781 g/mol. The third-order valence-corrected chi connectivity index (χ3v) is 14.0. The molecule has 0 amide bonds. The highest BCUT2D eigenvalue weighted by Gasteiger charge is 2.52. The van der Waals surface area contributed by atoms with E-state index in [0.29, 0.717) is 22.9 Å². The molecule has 11 aromatic rings. The standard InChI is InChI=1S/C59H36N4O/c64-58-44-25-8-7-22-40(44)46-33-39(37-20-15-21-38(32-37)57-61-55(35-16-3-1-4-17-35)60-56(62-57)36-18-5-2-6-19-36)34-47-43-30-31-51-52(54(43)63(58)53(46)47)45-26-11-14-29-50(45)59(51)48-27-12-9-23-41(48)42-24-10-13-28-49(42)59/h1,3-5,7-34H,2,6H2. The topological polar surface area (TPSA) is 60.2 Å². The molecule has 1 spiro atoms. The molecule has 64 heavy (non-hydrogen) atoms. The second kappa shape index (κ2) is 13.1. The molecule has 0 atom stereocenters. The van der Waals surface area contributed by atoms with Crippen molar-refractivity contribution in [2.24, 2.45) is 0 Å². The number of pyridine rings is 1. The van der Waals surface area contributed by atoms with Crippen molar-refractivity contribution in [2.75, 3.05) is 0 Å². The number of nitrogens with zero attached hydrogens (tertiary/aromatic N) is 4. The number of allylic oxidation sites excluding steroid dienone is 4. The molecule has 3 heterocycles. The minimum atomic E-state index is -0.521. The van der Waals surface area contributed by atoms with Gasteiger partial charge in [0.05, 0.1) is 16.4 Å². The second-order valence-corrected chi connectivity index (χ2v) is 17.3. The van der Waals surface area contributed by atoms with Gasteiger partial charge in [0.15, 0.2) is 17.5 Å². The molecule has 0 aliphatic heterocycles. The van der Waals surface area contributed by atoms with E-state index >= 15 is 4.79 Å². The van der Waals surface area contributed by atoms with Crippen LogP contribution in [-0.2, 0) is 5.41 Å². The number of hydrogen-bond donors (Lipinski definition) is 0. The van der Waals surface area contributed by atoms with Gasteiger partial charge in [-0.05, 0) is 92.6 Å². The van der Waals surface area contributed by atoms with E-state index in [-0.39, 0.29) is 5.56 Å². The van der Waals surface area contributed by atoms with E-state index < -0.39 is 5.41 Å². The zero-order valence-electron chi connectivity index (χ0n) is 34.6. The van der Waals surface area contributed by atoms with E-state index in [9.17, 15) is 0 Å². The second-order valence-electron chi connectivity index (χ2n) is 17.3. The molecule has 5 heteroatoms. The van der Waals surface area contributed by atoms with Gasteiger partial charge in [-0.25, -0.2) is 15.0 Å². The molecule has 0 saturated carbocycles. The number of aromatic nitrogens is 4. The molecule has 0 fully saturated rings. The lowest BCUT2D eigenvalue weighted by atomic mass is 9.70. The van der Waals surface area contributed by atoms with Crippen molar-refractivity contribution >= 4 is 43.5 Å². The van der Waals surface area contributed by atoms with Crippen LogP contribution in [0.3, 0.4) is 0 Å². The van der Waals surface area contributed by atoms with Crippen molar-refractivity contribution in [3.63, 3.8) is 0 Å². The Morgan fingerprint density at radius 2 is 1.02 bits per heavy atom. The summed E-state index contributed by atoms with van der Waals surface area (Å²) in [6.45, 7) is 0. The first-order valence-corrected chi connectivity index (χ1v) is 22.1. The predicted octanol–water partition coefficient (Wildman–Crippen LogP) is 13.5. The van der Waals surface area contributed by atoms with E-state index in [0.717, 1.165) is 78.8 Å². The molecule has 0 unspecified atom stereocenters. The molecule has 3 aliphatic rings. The van der Waals surface area contributed by atoms with Crippen molar-refractivity contribution in [1.29, 1.82) is 0 Å². The molecular formula is C59H36N4O. The molecule has 298 valence electrons. The van der Waals surface area contributed by atoms with Crippen molar-refractivity contribution < 1.29 is 0 Å². The van der Waals surface area contributed by atoms with E-state index in [4.69, 9.17) is 15.0 Å². The lowest BCUT2D eigenvalue weighted by Crippen LogP contribution is -2.25. The monoisotopic (exact) mass is 816 g/mol. The fraction of sp³-hybridized carbons (Fsp3) is 0.0508. The summed E-state index contributed by atoms with van der Waals surface area (Å²) in [6.07, 6.45) is 8.48. The SMILES string of the molecule is O=c1c2ccccc2c2cc(-c3cccc(-c4nc(C5=CCCC=C5)nc(-c5ccccc5)n4)c3)cc3c4ccc5c(c4n1c23)-c1ccccc1C51c2ccccc2-c2ccccc21. The third kappa shape index (κ3) is 4.67. The van der Waals surface area contributed by atoms with Gasteiger partial charge >= 0.3 is 0 Å². The Balaban J connectivity index is 1.04. The number of rotatable bonds is 4. The van der Waals surface area contributed by atoms with Gasteiger partial charge in [0.2, 0.25) is 0 Å². The Hall–Kier alpha value is -8.28. The fourth-order valence-corrected chi connectivity index (χ4v) is 11.4. The Labute approximate surface area is 368 Å². The first-order valence-electron chi connectivity index (χ1n) is 22.1. The molecule has 14 rings (SSSR count). The summed E-state index contributed by atoms with van der Waals surface area (Å²) in [6, 6.07) is 62.5. The minimum absolute atomic E-state index is 0.000290. The van der Waals surface area contributed by atoms with Gasteiger partial charge < -0.3 is 0 Å². The highest BCUT2D eigenvalue weighted by atomic mass is 16.1. The van der Waals surface area contributed by atoms with Crippen LogP contribution >= 0.6 is 0 Å². The Bertz CT molecular complexity index is 3890. The van der Waals surface area contributed by atoms with Gasteiger partial charge in [0, 0.05) is 43.8 Å². The van der Waals surface area contributed by atoms with Gasteiger partial charge in [-0.2, -0.15) is 0 Å². The zero-order chi connectivity index (χ0) is 42.1. The molecule has 3 aliphatic carbocycles. The molecule has 0 bridgehead atoms. The molecule has 5 nitrogen and oxygen atoms in total. The van der Waals surface area contributed by atoms with Gasteiger partial charge in [0.1, 0.15) is 0 Å². The Morgan fingerprint density at radius 1 is 0.422 bits per heavy atom. The lowest BCUT2D eigenvalue weighted by molar-refractivity contribution is 0.794. The van der Waals surface area contributed by atoms with Crippen LogP contribution in [0.1, 0.15) is 40.9 Å². The van der Waals surface area contributed by atoms with E-state index in [1.807, 2.05) is 52.9 Å². The number of hydrogen-bond acceptors (Lipinski definition) is 4. The van der Waals surface area contributed by atoms with Crippen LogP contribution in [0.5, 0.6) is 0 Å². The summed E-state index contributed by atoms with van der Waals surface area (Å²) in [5.41, 5.74) is 16.2. The van der Waals surface area contributed by atoms with Crippen LogP contribution < -0.4 is 5.56 Å². The van der Waals surface area contributed by atoms with Gasteiger partial charge in [-0.3, -0.25) is 9.20 Å². The normalized spacial score (nSPS) is 14.3. The summed E-state index contributed by atoms with van der Waals surface area (Å²) in [5, 5.41) is 4.80. The summed E-state index contributed by atoms with van der Waals surface area (Å²) in [7, 11) is 0. The van der Waals surface area contributed by atoms with E-state index in [1.54, 1.807) is 0 Å². The highest BCUT2D eigenvalue weighted by molar-refractivity contribution is 6.24. The molecule has 0 radical (unpaired) electrons. The summed E-state index contributed by atoms with van der Waals surface area (Å²) < 4.78 is 2.04. The number of benzene rings is 8. The molecule has 0 saturated heterocycles. The fourth-order valence-electron chi connectivity index (χ4n) is 11.4. The third-order valence-electron chi connectivity index (χ3n) is 14.0. The first-order chi connectivity index (χ1) is 31.7. The van der Waals surface area contributed by atoms with Crippen molar-refractivity contribution in [1.82, 2.24) is 19.4 Å². The zero-order valence-corrected chi connectivity index (χ0v) is 34.6. The maximum atomic E-state index is 15.2. The molecule has 8 aromatic carbocycles. The Kier molecular flexibility index (Phi) is 7.24. The van der Waals surface area contributed by atoms with Crippen molar-refractivity contribution in [3.8, 4) is 56.2 Å². The van der Waals surface area contributed by atoms with Gasteiger partial charge in [-0.1, -0.05) is 170 Å². The average Bonchev–Trinajstić information content (AvgIpc) is 3.98.